The van der Waals surface area contributed by atoms with Crippen molar-refractivity contribution in [3.63, 3.8) is 0 Å². The molecule has 0 spiro atoms. The number of phenolic OH excluding ortho intramolecular Hbond substituents is 1. The van der Waals surface area contributed by atoms with E-state index in [1.54, 1.807) is 24.3 Å². The largest absolute Gasteiger partial charge is 0.508 e. The van der Waals surface area contributed by atoms with E-state index in [4.69, 9.17) is 5.73 Å². The fourth-order valence-corrected chi connectivity index (χ4v) is 2.08. The molecule has 2 rings (SSSR count). The zero-order valence-corrected chi connectivity index (χ0v) is 11.8. The number of nitrogens with two attached hydrogens (primary N) is 1. The van der Waals surface area contributed by atoms with Crippen molar-refractivity contribution in [1.82, 2.24) is 5.32 Å². The number of rotatable bonds is 6. The summed E-state index contributed by atoms with van der Waals surface area (Å²) in [4.78, 5) is 11.9. The highest BCUT2D eigenvalue weighted by Crippen LogP contribution is 2.10. The van der Waals surface area contributed by atoms with Gasteiger partial charge < -0.3 is 16.2 Å². The van der Waals surface area contributed by atoms with Crippen LogP contribution in [-0.2, 0) is 17.6 Å². The molecular weight excluding hydrogens is 264 g/mol. The average Bonchev–Trinajstić information content (AvgIpc) is 2.50. The molecule has 4 N–H and O–H groups in total. The van der Waals surface area contributed by atoms with Crippen molar-refractivity contribution < 1.29 is 9.90 Å². The summed E-state index contributed by atoms with van der Waals surface area (Å²) in [6.45, 7) is 0.576. The molecular formula is C17H20N2O2. The highest BCUT2D eigenvalue weighted by molar-refractivity contribution is 5.81. The van der Waals surface area contributed by atoms with Crippen LogP contribution in [-0.4, -0.2) is 23.6 Å². The SMILES string of the molecule is N[C@@H](Cc1ccc(O)cc1)C(=O)NCCc1ccccc1. The summed E-state index contributed by atoms with van der Waals surface area (Å²) >= 11 is 0. The van der Waals surface area contributed by atoms with Gasteiger partial charge in [0.1, 0.15) is 5.75 Å². The normalized spacial score (nSPS) is 11.9. The molecule has 0 aliphatic carbocycles. The fraction of sp³-hybridized carbons (Fsp3) is 0.235. The van der Waals surface area contributed by atoms with E-state index in [1.807, 2.05) is 30.3 Å². The number of carbonyl (C=O) groups excluding carboxylic acids is 1. The van der Waals surface area contributed by atoms with E-state index in [9.17, 15) is 9.90 Å². The summed E-state index contributed by atoms with van der Waals surface area (Å²) in [5, 5.41) is 12.1. The molecule has 0 saturated carbocycles. The van der Waals surface area contributed by atoms with Gasteiger partial charge in [-0.1, -0.05) is 42.5 Å². The molecule has 4 nitrogen and oxygen atoms in total. The number of aromatic hydroxyl groups is 1. The molecule has 0 radical (unpaired) electrons. The lowest BCUT2D eigenvalue weighted by Gasteiger charge is -2.12. The van der Waals surface area contributed by atoms with Crippen molar-refractivity contribution >= 4 is 5.91 Å². The molecule has 21 heavy (non-hydrogen) atoms. The second-order valence-corrected chi connectivity index (χ2v) is 5.00. The van der Waals surface area contributed by atoms with Gasteiger partial charge in [-0.15, -0.1) is 0 Å². The Morgan fingerprint density at radius 2 is 1.71 bits per heavy atom. The number of phenols is 1. The molecule has 0 saturated heterocycles. The number of carbonyl (C=O) groups is 1. The first-order chi connectivity index (χ1) is 10.1. The Morgan fingerprint density at radius 1 is 1.05 bits per heavy atom. The molecule has 0 aromatic heterocycles. The van der Waals surface area contributed by atoms with Crippen molar-refractivity contribution in [3.8, 4) is 5.75 Å². The van der Waals surface area contributed by atoms with E-state index >= 15 is 0 Å². The van der Waals surface area contributed by atoms with Crippen LogP contribution in [0.4, 0.5) is 0 Å². The molecule has 0 aliphatic heterocycles. The fourth-order valence-electron chi connectivity index (χ4n) is 2.08. The third kappa shape index (κ3) is 4.93. The summed E-state index contributed by atoms with van der Waals surface area (Å²) in [5.74, 6) is 0.0543. The Morgan fingerprint density at radius 3 is 2.38 bits per heavy atom. The smallest absolute Gasteiger partial charge is 0.237 e. The Hall–Kier alpha value is -2.33. The highest BCUT2D eigenvalue weighted by Gasteiger charge is 2.13. The minimum absolute atomic E-state index is 0.154. The summed E-state index contributed by atoms with van der Waals surface area (Å²) < 4.78 is 0. The summed E-state index contributed by atoms with van der Waals surface area (Å²) in [5.41, 5.74) is 8.01. The van der Waals surface area contributed by atoms with Crippen LogP contribution in [0.2, 0.25) is 0 Å². The summed E-state index contributed by atoms with van der Waals surface area (Å²) in [7, 11) is 0. The van der Waals surface area contributed by atoms with Crippen LogP contribution >= 0.6 is 0 Å². The zero-order chi connectivity index (χ0) is 15.1. The number of benzene rings is 2. The van der Waals surface area contributed by atoms with Crippen molar-refractivity contribution in [2.75, 3.05) is 6.54 Å². The van der Waals surface area contributed by atoms with Crippen molar-refractivity contribution in [2.24, 2.45) is 5.73 Å². The molecule has 0 heterocycles. The molecule has 0 fully saturated rings. The van der Waals surface area contributed by atoms with E-state index in [1.165, 1.54) is 5.56 Å². The molecule has 1 atom stereocenters. The summed E-state index contributed by atoms with van der Waals surface area (Å²) in [6.07, 6.45) is 1.25. The van der Waals surface area contributed by atoms with Gasteiger partial charge in [-0.25, -0.2) is 0 Å². The van der Waals surface area contributed by atoms with Crippen LogP contribution in [0.25, 0.3) is 0 Å². The van der Waals surface area contributed by atoms with Crippen LogP contribution in [0.5, 0.6) is 5.75 Å². The number of amides is 1. The predicted molar refractivity (Wildman–Crippen MR) is 82.9 cm³/mol. The molecule has 2 aromatic carbocycles. The third-order valence-electron chi connectivity index (χ3n) is 3.28. The lowest BCUT2D eigenvalue weighted by atomic mass is 10.1. The second kappa shape index (κ2) is 7.45. The third-order valence-corrected chi connectivity index (χ3v) is 3.28. The van der Waals surface area contributed by atoms with Crippen LogP contribution in [0.15, 0.2) is 54.6 Å². The molecule has 0 aliphatic rings. The minimum Gasteiger partial charge on any atom is -0.508 e. The second-order valence-electron chi connectivity index (χ2n) is 5.00. The van der Waals surface area contributed by atoms with Crippen molar-refractivity contribution in [1.29, 1.82) is 0 Å². The first-order valence-electron chi connectivity index (χ1n) is 7.00. The number of hydrogen-bond acceptors (Lipinski definition) is 3. The van der Waals surface area contributed by atoms with Crippen LogP contribution in [0.1, 0.15) is 11.1 Å². The molecule has 0 bridgehead atoms. The van der Waals surface area contributed by atoms with Gasteiger partial charge in [0.25, 0.3) is 0 Å². The van der Waals surface area contributed by atoms with Gasteiger partial charge in [0.15, 0.2) is 0 Å². The van der Waals surface area contributed by atoms with Gasteiger partial charge in [-0.2, -0.15) is 0 Å². The van der Waals surface area contributed by atoms with Gasteiger partial charge in [-0.05, 0) is 36.1 Å². The quantitative estimate of drug-likeness (QED) is 0.754. The van der Waals surface area contributed by atoms with Gasteiger partial charge in [0.05, 0.1) is 6.04 Å². The minimum atomic E-state index is -0.578. The maximum atomic E-state index is 11.9. The zero-order valence-electron chi connectivity index (χ0n) is 11.8. The Kier molecular flexibility index (Phi) is 5.35. The van der Waals surface area contributed by atoms with Gasteiger partial charge >= 0.3 is 0 Å². The lowest BCUT2D eigenvalue weighted by Crippen LogP contribution is -2.42. The van der Waals surface area contributed by atoms with Gasteiger partial charge in [0.2, 0.25) is 5.91 Å². The monoisotopic (exact) mass is 284 g/mol. The van der Waals surface area contributed by atoms with E-state index in [-0.39, 0.29) is 11.7 Å². The number of nitrogens with one attached hydrogen (secondary N) is 1. The first kappa shape index (κ1) is 15.1. The summed E-state index contributed by atoms with van der Waals surface area (Å²) in [6, 6.07) is 16.1. The van der Waals surface area contributed by atoms with Gasteiger partial charge in [-0.3, -0.25) is 4.79 Å². The molecule has 110 valence electrons. The number of hydrogen-bond donors (Lipinski definition) is 3. The Bertz CT molecular complexity index is 567. The average molecular weight is 284 g/mol. The topological polar surface area (TPSA) is 75.3 Å². The van der Waals surface area contributed by atoms with Crippen LogP contribution in [0.3, 0.4) is 0 Å². The Balaban J connectivity index is 1.76. The molecule has 2 aromatic rings. The molecule has 4 heteroatoms. The molecule has 1 amide bonds. The predicted octanol–water partition coefficient (Wildman–Crippen LogP) is 1.62. The van der Waals surface area contributed by atoms with E-state index < -0.39 is 6.04 Å². The Labute approximate surface area is 124 Å². The van der Waals surface area contributed by atoms with E-state index in [0.717, 1.165) is 12.0 Å². The van der Waals surface area contributed by atoms with Crippen molar-refractivity contribution in [3.05, 3.63) is 65.7 Å². The standard InChI is InChI=1S/C17H20N2O2/c18-16(12-14-6-8-15(20)9-7-14)17(21)19-11-10-13-4-2-1-3-5-13/h1-9,16,20H,10-12,18H2,(H,19,21)/t16-/m0/s1. The maximum absolute atomic E-state index is 11.9. The van der Waals surface area contributed by atoms with Crippen molar-refractivity contribution in [2.45, 2.75) is 18.9 Å². The lowest BCUT2D eigenvalue weighted by molar-refractivity contribution is -0.122. The van der Waals surface area contributed by atoms with E-state index in [2.05, 4.69) is 5.32 Å². The maximum Gasteiger partial charge on any atom is 0.237 e. The molecule has 0 unspecified atom stereocenters. The van der Waals surface area contributed by atoms with Gasteiger partial charge in [0, 0.05) is 6.54 Å². The van der Waals surface area contributed by atoms with E-state index in [0.29, 0.717) is 13.0 Å². The van der Waals surface area contributed by atoms with Crippen LogP contribution < -0.4 is 11.1 Å². The van der Waals surface area contributed by atoms with Crippen LogP contribution in [0, 0.1) is 0 Å². The first-order valence-corrected chi connectivity index (χ1v) is 7.00. The highest BCUT2D eigenvalue weighted by atomic mass is 16.3.